The Morgan fingerprint density at radius 1 is 1.00 bits per heavy atom. The number of likely N-dealkylation sites (N-methyl/N-ethyl adjacent to an activating group) is 1. The highest BCUT2D eigenvalue weighted by atomic mass is 35.5. The van der Waals surface area contributed by atoms with Crippen molar-refractivity contribution < 1.29 is 4.79 Å². The van der Waals surface area contributed by atoms with Crippen LogP contribution in [0.1, 0.15) is 19.4 Å². The fraction of sp³-hybridized carbons (Fsp3) is 0.217. The molecule has 2 heterocycles. The van der Waals surface area contributed by atoms with Gasteiger partial charge in [-0.2, -0.15) is 0 Å². The molecule has 0 N–H and O–H groups in total. The summed E-state index contributed by atoms with van der Waals surface area (Å²) in [6, 6.07) is 13.9. The number of halogens is 1. The first kappa shape index (κ1) is 21.1. The first-order valence-corrected chi connectivity index (χ1v) is 11.8. The second-order valence-corrected chi connectivity index (χ2v) is 9.38. The van der Waals surface area contributed by atoms with Gasteiger partial charge in [0.05, 0.1) is 21.3 Å². The van der Waals surface area contributed by atoms with E-state index in [2.05, 4.69) is 11.8 Å². The Labute approximate surface area is 190 Å². The number of thioether (sulfide) groups is 2. The van der Waals surface area contributed by atoms with Crippen molar-refractivity contribution in [3.05, 3.63) is 75.1 Å². The molecular weight excluding hydrogens is 434 g/mol. The molecule has 30 heavy (non-hydrogen) atoms. The van der Waals surface area contributed by atoms with Crippen molar-refractivity contribution in [2.75, 3.05) is 18.0 Å². The van der Waals surface area contributed by atoms with Crippen LogP contribution in [0.4, 0.5) is 11.4 Å². The maximum atomic E-state index is 12.9. The van der Waals surface area contributed by atoms with Gasteiger partial charge in [-0.3, -0.25) is 9.69 Å². The van der Waals surface area contributed by atoms with Crippen LogP contribution in [0.5, 0.6) is 0 Å². The molecule has 0 bridgehead atoms. The zero-order valence-electron chi connectivity index (χ0n) is 17.1. The van der Waals surface area contributed by atoms with Crippen molar-refractivity contribution in [3.8, 4) is 0 Å². The van der Waals surface area contributed by atoms with Crippen molar-refractivity contribution in [1.82, 2.24) is 4.90 Å². The fourth-order valence-electron chi connectivity index (χ4n) is 3.29. The van der Waals surface area contributed by atoms with E-state index in [1.807, 2.05) is 68.5 Å². The molecule has 0 spiro atoms. The van der Waals surface area contributed by atoms with E-state index in [1.165, 1.54) is 22.2 Å². The summed E-state index contributed by atoms with van der Waals surface area (Å²) in [5.41, 5.74) is 3.15. The molecule has 1 amide bonds. The molecule has 4 rings (SSSR count). The number of carbonyl (C=O) groups is 1. The Hall–Kier alpha value is -2.15. The zero-order chi connectivity index (χ0) is 21.3. The Kier molecular flexibility index (Phi) is 6.27. The van der Waals surface area contributed by atoms with Crippen molar-refractivity contribution >= 4 is 57.6 Å². The number of hydrogen-bond donors (Lipinski definition) is 0. The lowest BCUT2D eigenvalue weighted by molar-refractivity contribution is -0.122. The van der Waals surface area contributed by atoms with E-state index < -0.39 is 0 Å². The lowest BCUT2D eigenvalue weighted by Gasteiger charge is -2.17. The largest absolute Gasteiger partial charge is 0.335 e. The van der Waals surface area contributed by atoms with Crippen molar-refractivity contribution in [3.63, 3.8) is 0 Å². The fourth-order valence-corrected chi connectivity index (χ4v) is 5.56. The summed E-state index contributed by atoms with van der Waals surface area (Å²) < 4.78 is 0. The van der Waals surface area contributed by atoms with E-state index in [1.54, 1.807) is 16.7 Å². The Bertz CT molecular complexity index is 1080. The first-order valence-electron chi connectivity index (χ1n) is 9.82. The van der Waals surface area contributed by atoms with Gasteiger partial charge in [-0.05, 0) is 75.0 Å². The minimum absolute atomic E-state index is 0.00295. The molecular formula is C23H22ClN3OS2. The number of anilines is 1. The van der Waals surface area contributed by atoms with Gasteiger partial charge in [-0.1, -0.05) is 41.1 Å². The average Bonchev–Trinajstić information content (AvgIpc) is 3.23. The predicted molar refractivity (Wildman–Crippen MR) is 130 cm³/mol. The molecule has 2 aliphatic heterocycles. The molecule has 2 aromatic rings. The number of fused-ring (bicyclic) bond motifs is 1. The van der Waals surface area contributed by atoms with E-state index in [0.717, 1.165) is 33.1 Å². The van der Waals surface area contributed by atoms with Crippen LogP contribution in [-0.2, 0) is 4.79 Å². The van der Waals surface area contributed by atoms with Crippen LogP contribution in [0.3, 0.4) is 0 Å². The van der Waals surface area contributed by atoms with Gasteiger partial charge < -0.3 is 4.90 Å². The molecule has 0 unspecified atom stereocenters. The lowest BCUT2D eigenvalue weighted by Crippen LogP contribution is -2.28. The Balaban J connectivity index is 1.61. The van der Waals surface area contributed by atoms with E-state index in [4.69, 9.17) is 16.6 Å². The van der Waals surface area contributed by atoms with Crippen molar-refractivity contribution in [1.29, 1.82) is 0 Å². The maximum absolute atomic E-state index is 12.9. The summed E-state index contributed by atoms with van der Waals surface area (Å²) in [5.74, 6) is -0.00295. The van der Waals surface area contributed by atoms with E-state index >= 15 is 0 Å². The molecule has 0 aliphatic carbocycles. The molecule has 0 radical (unpaired) electrons. The maximum Gasteiger partial charge on any atom is 0.266 e. The van der Waals surface area contributed by atoms with Crippen LogP contribution in [0.15, 0.2) is 74.4 Å². The quantitative estimate of drug-likeness (QED) is 0.487. The molecule has 154 valence electrons. The van der Waals surface area contributed by atoms with Crippen LogP contribution in [-0.4, -0.2) is 29.1 Å². The number of benzene rings is 2. The zero-order valence-corrected chi connectivity index (χ0v) is 19.4. The van der Waals surface area contributed by atoms with E-state index in [-0.39, 0.29) is 5.91 Å². The number of amides is 1. The van der Waals surface area contributed by atoms with Gasteiger partial charge in [0, 0.05) is 23.0 Å². The number of nitrogens with zero attached hydrogens (tertiary/aromatic N) is 3. The summed E-state index contributed by atoms with van der Waals surface area (Å²) in [7, 11) is 0. The Morgan fingerprint density at radius 3 is 2.43 bits per heavy atom. The average molecular weight is 456 g/mol. The van der Waals surface area contributed by atoms with Gasteiger partial charge in [0.15, 0.2) is 5.17 Å². The highest BCUT2D eigenvalue weighted by Crippen LogP contribution is 2.47. The molecule has 1 fully saturated rings. The molecule has 0 saturated carbocycles. The van der Waals surface area contributed by atoms with E-state index in [9.17, 15) is 4.79 Å². The second kappa shape index (κ2) is 8.92. The highest BCUT2D eigenvalue weighted by molar-refractivity contribution is 8.18. The van der Waals surface area contributed by atoms with E-state index in [0.29, 0.717) is 11.4 Å². The van der Waals surface area contributed by atoms with Crippen molar-refractivity contribution in [2.24, 2.45) is 4.99 Å². The molecule has 4 nitrogen and oxygen atoms in total. The summed E-state index contributed by atoms with van der Waals surface area (Å²) in [4.78, 5) is 23.4. The van der Waals surface area contributed by atoms with Crippen LogP contribution in [0.2, 0.25) is 5.02 Å². The van der Waals surface area contributed by atoms with Crippen LogP contribution in [0.25, 0.3) is 0 Å². The number of allylic oxidation sites excluding steroid dienone is 2. The summed E-state index contributed by atoms with van der Waals surface area (Å²) in [6.45, 7) is 7.54. The molecule has 7 heteroatoms. The second-order valence-electron chi connectivity index (χ2n) is 6.88. The van der Waals surface area contributed by atoms with Gasteiger partial charge in [0.1, 0.15) is 0 Å². The number of hydrogen-bond acceptors (Lipinski definition) is 5. The highest BCUT2D eigenvalue weighted by Gasteiger charge is 2.32. The van der Waals surface area contributed by atoms with Crippen LogP contribution < -0.4 is 4.90 Å². The van der Waals surface area contributed by atoms with Gasteiger partial charge in [0.2, 0.25) is 0 Å². The van der Waals surface area contributed by atoms with Gasteiger partial charge in [-0.25, -0.2) is 4.99 Å². The third-order valence-electron chi connectivity index (χ3n) is 4.85. The standard InChI is InChI=1S/C23H22ClN3OS2/c1-4-26-18-14-16(24)8-11-19(18)29-21(26)13-12-20-22(28)27(5-2)23(30-20)25-17-9-6-15(3)7-10-17/h6-14H,4-5H2,1-3H3/b20-12+,21-13-,25-23?. The predicted octanol–water partition coefficient (Wildman–Crippen LogP) is 6.59. The third-order valence-corrected chi connectivity index (χ3v) is 7.24. The summed E-state index contributed by atoms with van der Waals surface area (Å²) in [6.07, 6.45) is 3.93. The number of aliphatic imine (C=N–C) groups is 1. The molecule has 0 atom stereocenters. The minimum atomic E-state index is -0.00295. The number of aryl methyl sites for hydroxylation is 1. The number of rotatable bonds is 4. The molecule has 0 aromatic heterocycles. The Morgan fingerprint density at radius 2 is 1.73 bits per heavy atom. The topological polar surface area (TPSA) is 35.9 Å². The normalized spacial score (nSPS) is 20.1. The first-order chi connectivity index (χ1) is 14.5. The minimum Gasteiger partial charge on any atom is -0.335 e. The summed E-state index contributed by atoms with van der Waals surface area (Å²) in [5, 5.41) is 2.53. The summed E-state index contributed by atoms with van der Waals surface area (Å²) >= 11 is 9.30. The van der Waals surface area contributed by atoms with Crippen LogP contribution >= 0.6 is 35.1 Å². The van der Waals surface area contributed by atoms with Gasteiger partial charge in [-0.15, -0.1) is 0 Å². The molecule has 2 aliphatic rings. The number of amidine groups is 1. The lowest BCUT2D eigenvalue weighted by atomic mass is 10.2. The van der Waals surface area contributed by atoms with Crippen molar-refractivity contribution in [2.45, 2.75) is 25.7 Å². The third kappa shape index (κ3) is 4.17. The monoisotopic (exact) mass is 455 g/mol. The van der Waals surface area contributed by atoms with Gasteiger partial charge >= 0.3 is 0 Å². The smallest absolute Gasteiger partial charge is 0.266 e. The van der Waals surface area contributed by atoms with Crippen LogP contribution in [0, 0.1) is 6.92 Å². The van der Waals surface area contributed by atoms with Gasteiger partial charge in [0.25, 0.3) is 5.91 Å². The SMILES string of the molecule is CCN1C(=O)/C(=C\C=C2/Sc3ccc(Cl)cc3N2CC)SC1=Nc1ccc(C)cc1. The molecule has 2 aromatic carbocycles. The number of carbonyl (C=O) groups excluding carboxylic acids is 1. The molecule has 1 saturated heterocycles.